The summed E-state index contributed by atoms with van der Waals surface area (Å²) in [5, 5.41) is 12.3. The maximum Gasteiger partial charge on any atom is 0.280 e. The number of carbonyl (C=O) groups excluding carboxylic acids is 1. The van der Waals surface area contributed by atoms with E-state index in [4.69, 9.17) is 0 Å². The third kappa shape index (κ3) is 2.67. The van der Waals surface area contributed by atoms with Crippen LogP contribution in [0.5, 0.6) is 0 Å². The molecule has 1 aliphatic heterocycles. The molecule has 128 valence electrons. The molecule has 2 aromatic rings. The van der Waals surface area contributed by atoms with Gasteiger partial charge in [0.2, 0.25) is 0 Å². The van der Waals surface area contributed by atoms with Gasteiger partial charge in [0.1, 0.15) is 11.5 Å². The lowest BCUT2D eigenvalue weighted by molar-refractivity contribution is 0.0699. The molecular formula is C15H18F2N6O. The first-order valence-electron chi connectivity index (χ1n) is 8.05. The topological polar surface area (TPSA) is 68.8 Å². The summed E-state index contributed by atoms with van der Waals surface area (Å²) in [6, 6.07) is 1.16. The van der Waals surface area contributed by atoms with Crippen molar-refractivity contribution in [3.63, 3.8) is 0 Å². The Bertz CT molecular complexity index is 779. The summed E-state index contributed by atoms with van der Waals surface area (Å²) in [6.07, 6.45) is 0.787. The number of carbonyl (C=O) groups is 1. The fraction of sp³-hybridized carbons (Fsp3) is 0.600. The van der Waals surface area contributed by atoms with Crippen LogP contribution in [0.2, 0.25) is 0 Å². The van der Waals surface area contributed by atoms with Gasteiger partial charge in [-0.1, -0.05) is 0 Å². The minimum absolute atomic E-state index is 0.0407. The lowest BCUT2D eigenvalue weighted by Gasteiger charge is -2.27. The minimum Gasteiger partial charge on any atom is -0.328 e. The third-order valence-corrected chi connectivity index (χ3v) is 4.64. The molecule has 0 bridgehead atoms. The van der Waals surface area contributed by atoms with Gasteiger partial charge in [-0.15, -0.1) is 10.2 Å². The van der Waals surface area contributed by atoms with Gasteiger partial charge in [-0.25, -0.2) is 8.78 Å². The monoisotopic (exact) mass is 336 g/mol. The quantitative estimate of drug-likeness (QED) is 0.850. The molecule has 0 spiro atoms. The van der Waals surface area contributed by atoms with Gasteiger partial charge in [0.25, 0.3) is 12.3 Å². The zero-order valence-corrected chi connectivity index (χ0v) is 13.3. The summed E-state index contributed by atoms with van der Waals surface area (Å²) in [7, 11) is 1.41. The van der Waals surface area contributed by atoms with E-state index in [2.05, 4.69) is 19.9 Å². The lowest BCUT2D eigenvalue weighted by atomic mass is 10.2. The highest BCUT2D eigenvalue weighted by Gasteiger charge is 2.30. The summed E-state index contributed by atoms with van der Waals surface area (Å²) in [5.74, 6) is 2.10. The highest BCUT2D eigenvalue weighted by molar-refractivity contribution is 5.92. The van der Waals surface area contributed by atoms with Crippen LogP contribution >= 0.6 is 0 Å². The molecule has 2 aromatic heterocycles. The van der Waals surface area contributed by atoms with Crippen molar-refractivity contribution in [3.8, 4) is 0 Å². The molecule has 9 heteroatoms. The number of alkyl halides is 2. The van der Waals surface area contributed by atoms with E-state index in [0.29, 0.717) is 19.6 Å². The molecule has 0 atom stereocenters. The fourth-order valence-corrected chi connectivity index (χ4v) is 3.07. The van der Waals surface area contributed by atoms with Crippen LogP contribution in [0.25, 0.3) is 0 Å². The molecule has 0 saturated heterocycles. The van der Waals surface area contributed by atoms with E-state index in [-0.39, 0.29) is 17.3 Å². The van der Waals surface area contributed by atoms with Crippen LogP contribution in [-0.4, -0.2) is 41.9 Å². The van der Waals surface area contributed by atoms with Gasteiger partial charge in [-0.2, -0.15) is 5.10 Å². The summed E-state index contributed by atoms with van der Waals surface area (Å²) >= 11 is 0. The van der Waals surface area contributed by atoms with Crippen LogP contribution in [0.3, 0.4) is 0 Å². The zero-order chi connectivity index (χ0) is 16.8. The number of aryl methyl sites for hydroxylation is 1. The van der Waals surface area contributed by atoms with Crippen LogP contribution in [-0.2, 0) is 26.6 Å². The van der Waals surface area contributed by atoms with Gasteiger partial charge in [0, 0.05) is 26.6 Å². The van der Waals surface area contributed by atoms with E-state index in [1.54, 1.807) is 4.90 Å². The average Bonchev–Trinajstić information content (AvgIpc) is 3.15. The number of halogens is 2. The number of amides is 1. The first kappa shape index (κ1) is 15.2. The lowest BCUT2D eigenvalue weighted by Crippen LogP contribution is -2.39. The number of fused-ring (bicyclic) bond motifs is 1. The second-order valence-electron chi connectivity index (χ2n) is 6.44. The molecule has 1 aliphatic carbocycles. The number of aromatic nitrogens is 5. The van der Waals surface area contributed by atoms with Gasteiger partial charge < -0.3 is 9.47 Å². The van der Waals surface area contributed by atoms with E-state index >= 15 is 0 Å². The van der Waals surface area contributed by atoms with Gasteiger partial charge >= 0.3 is 0 Å². The van der Waals surface area contributed by atoms with Gasteiger partial charge in [0.15, 0.2) is 11.5 Å². The maximum atomic E-state index is 12.8. The van der Waals surface area contributed by atoms with Crippen LogP contribution in [0.4, 0.5) is 8.78 Å². The summed E-state index contributed by atoms with van der Waals surface area (Å²) in [6.45, 7) is 1.46. The predicted octanol–water partition coefficient (Wildman–Crippen LogP) is 1.56. The molecule has 0 N–H and O–H groups in total. The van der Waals surface area contributed by atoms with Crippen molar-refractivity contribution in [2.45, 2.75) is 38.8 Å². The Kier molecular flexibility index (Phi) is 3.58. The van der Waals surface area contributed by atoms with Crippen molar-refractivity contribution in [2.24, 2.45) is 13.0 Å². The van der Waals surface area contributed by atoms with Crippen LogP contribution in [0, 0.1) is 5.92 Å². The molecule has 1 amide bonds. The number of hydrogen-bond acceptors (Lipinski definition) is 4. The smallest absolute Gasteiger partial charge is 0.280 e. The molecule has 0 radical (unpaired) electrons. The zero-order valence-electron chi connectivity index (χ0n) is 13.3. The Morgan fingerprint density at radius 2 is 2.12 bits per heavy atom. The molecule has 0 unspecified atom stereocenters. The summed E-state index contributed by atoms with van der Waals surface area (Å²) in [5.41, 5.74) is -0.218. The fourth-order valence-electron chi connectivity index (χ4n) is 3.07. The SMILES string of the molecule is Cn1nc(C(=O)N2CCn3c(CC4CC4)nnc3C2)cc1C(F)F. The van der Waals surface area contributed by atoms with Crippen molar-refractivity contribution in [2.75, 3.05) is 6.54 Å². The Balaban J connectivity index is 1.50. The van der Waals surface area contributed by atoms with E-state index in [1.807, 2.05) is 0 Å². The first-order valence-corrected chi connectivity index (χ1v) is 8.05. The molecule has 2 aliphatic rings. The minimum atomic E-state index is -2.65. The normalized spacial score (nSPS) is 17.4. The van der Waals surface area contributed by atoms with Gasteiger partial charge in [0.05, 0.1) is 6.54 Å². The van der Waals surface area contributed by atoms with E-state index in [9.17, 15) is 13.6 Å². The first-order chi connectivity index (χ1) is 11.5. The van der Waals surface area contributed by atoms with Crippen molar-refractivity contribution >= 4 is 5.91 Å². The van der Waals surface area contributed by atoms with E-state index < -0.39 is 6.43 Å². The Morgan fingerprint density at radius 3 is 2.79 bits per heavy atom. The predicted molar refractivity (Wildman–Crippen MR) is 79.4 cm³/mol. The van der Waals surface area contributed by atoms with Crippen molar-refractivity contribution < 1.29 is 13.6 Å². The van der Waals surface area contributed by atoms with Gasteiger partial charge in [-0.3, -0.25) is 9.48 Å². The number of nitrogens with zero attached hydrogens (tertiary/aromatic N) is 6. The van der Waals surface area contributed by atoms with Crippen molar-refractivity contribution in [3.05, 3.63) is 29.1 Å². The molecule has 3 heterocycles. The molecule has 1 saturated carbocycles. The average molecular weight is 336 g/mol. The van der Waals surface area contributed by atoms with Crippen LogP contribution in [0.15, 0.2) is 6.07 Å². The standard InChI is InChI=1S/C15H18F2N6O/c1-21-11(14(16)17)7-10(20-21)15(24)22-4-5-23-12(6-9-2-3-9)18-19-13(23)8-22/h7,9,14H,2-6,8H2,1H3. The largest absolute Gasteiger partial charge is 0.328 e. The second-order valence-corrected chi connectivity index (χ2v) is 6.44. The third-order valence-electron chi connectivity index (χ3n) is 4.64. The molecular weight excluding hydrogens is 318 g/mol. The molecule has 7 nitrogen and oxygen atoms in total. The molecule has 0 aromatic carbocycles. The maximum absolute atomic E-state index is 12.8. The molecule has 1 fully saturated rings. The van der Waals surface area contributed by atoms with Crippen molar-refractivity contribution in [1.82, 2.24) is 29.4 Å². The molecule has 24 heavy (non-hydrogen) atoms. The van der Waals surface area contributed by atoms with Gasteiger partial charge in [-0.05, 0) is 24.8 Å². The van der Waals surface area contributed by atoms with Crippen LogP contribution < -0.4 is 0 Å². The molecule has 4 rings (SSSR count). The Morgan fingerprint density at radius 1 is 1.33 bits per heavy atom. The highest BCUT2D eigenvalue weighted by atomic mass is 19.3. The second kappa shape index (κ2) is 5.64. The Hall–Kier alpha value is -2.32. The number of hydrogen-bond donors (Lipinski definition) is 0. The highest BCUT2D eigenvalue weighted by Crippen LogP contribution is 2.32. The van der Waals surface area contributed by atoms with E-state index in [0.717, 1.165) is 34.7 Å². The van der Waals surface area contributed by atoms with E-state index in [1.165, 1.54) is 19.9 Å². The summed E-state index contributed by atoms with van der Waals surface area (Å²) in [4.78, 5) is 14.1. The van der Waals surface area contributed by atoms with Crippen LogP contribution in [0.1, 0.15) is 47.1 Å². The Labute approximate surface area is 137 Å². The number of rotatable bonds is 4. The van der Waals surface area contributed by atoms with Crippen molar-refractivity contribution in [1.29, 1.82) is 0 Å². The summed E-state index contributed by atoms with van der Waals surface area (Å²) < 4.78 is 28.8.